The number of carbonyl (C=O) groups excluding carboxylic acids is 2. The lowest BCUT2D eigenvalue weighted by Crippen LogP contribution is -2.28. The van der Waals surface area contributed by atoms with Gasteiger partial charge >= 0.3 is 5.97 Å². The molecule has 0 spiro atoms. The van der Waals surface area contributed by atoms with Gasteiger partial charge in [0.25, 0.3) is 0 Å². The number of hydrogen-bond donors (Lipinski definition) is 2. The largest absolute Gasteiger partial charge is 0.465 e. The Bertz CT molecular complexity index is 1960. The summed E-state index contributed by atoms with van der Waals surface area (Å²) >= 11 is 6.18. The summed E-state index contributed by atoms with van der Waals surface area (Å²) in [5.74, 6) is -0.771. The van der Waals surface area contributed by atoms with Crippen molar-refractivity contribution in [2.75, 3.05) is 7.11 Å². The molecule has 2 N–H and O–H groups in total. The Morgan fingerprint density at radius 2 is 1.68 bits per heavy atom. The van der Waals surface area contributed by atoms with Gasteiger partial charge in [-0.25, -0.2) is 9.78 Å². The van der Waals surface area contributed by atoms with Gasteiger partial charge in [0, 0.05) is 16.5 Å². The van der Waals surface area contributed by atoms with Crippen molar-refractivity contribution in [2.45, 2.75) is 38.3 Å². The number of halogens is 1. The number of rotatable bonds is 11. The van der Waals surface area contributed by atoms with E-state index in [0.29, 0.717) is 29.0 Å². The zero-order valence-electron chi connectivity index (χ0n) is 26.6. The summed E-state index contributed by atoms with van der Waals surface area (Å²) in [4.78, 5) is 30.3. The first-order chi connectivity index (χ1) is 22.6. The van der Waals surface area contributed by atoms with Crippen molar-refractivity contribution in [3.8, 4) is 0 Å². The molecule has 6 nitrogen and oxygen atoms in total. The maximum absolute atomic E-state index is 13.3. The third kappa shape index (κ3) is 8.82. The van der Waals surface area contributed by atoms with Crippen LogP contribution in [0, 0.1) is 0 Å². The average Bonchev–Trinajstić information content (AvgIpc) is 3.07. The summed E-state index contributed by atoms with van der Waals surface area (Å²) in [5.41, 5.74) is 5.34. The molecule has 0 bridgehead atoms. The summed E-state index contributed by atoms with van der Waals surface area (Å²) in [6.07, 6.45) is 8.21. The highest BCUT2D eigenvalue weighted by Crippen LogP contribution is 2.28. The molecule has 1 amide bonds. The van der Waals surface area contributed by atoms with Gasteiger partial charge in [0.15, 0.2) is 0 Å². The molecule has 5 aromatic rings. The Hall–Kier alpha value is -5.04. The molecule has 1 aromatic heterocycles. The minimum atomic E-state index is -1.00. The van der Waals surface area contributed by atoms with Crippen LogP contribution >= 0.6 is 11.6 Å². The van der Waals surface area contributed by atoms with Gasteiger partial charge < -0.3 is 15.2 Å². The van der Waals surface area contributed by atoms with E-state index < -0.39 is 11.6 Å². The van der Waals surface area contributed by atoms with E-state index in [2.05, 4.69) is 11.4 Å². The smallest absolute Gasteiger partial charge is 0.338 e. The number of ether oxygens (including phenoxy) is 1. The number of fused-ring (bicyclic) bond motifs is 1. The van der Waals surface area contributed by atoms with Crippen LogP contribution in [0.5, 0.6) is 0 Å². The van der Waals surface area contributed by atoms with Crippen molar-refractivity contribution >= 4 is 52.6 Å². The third-order valence-electron chi connectivity index (χ3n) is 7.91. The third-order valence-corrected chi connectivity index (χ3v) is 8.15. The molecule has 0 fully saturated rings. The second-order valence-corrected chi connectivity index (χ2v) is 12.2. The van der Waals surface area contributed by atoms with Gasteiger partial charge in [0.1, 0.15) is 0 Å². The fraction of sp³-hybridized carbons (Fsp3) is 0.175. The molecule has 238 valence electrons. The van der Waals surface area contributed by atoms with E-state index in [0.717, 1.165) is 38.9 Å². The molecule has 0 saturated carbocycles. The van der Waals surface area contributed by atoms with Crippen molar-refractivity contribution in [1.29, 1.82) is 0 Å². The van der Waals surface area contributed by atoms with Crippen LogP contribution in [0.15, 0.2) is 109 Å². The van der Waals surface area contributed by atoms with Gasteiger partial charge in [0.05, 0.1) is 35.5 Å². The minimum absolute atomic E-state index is 0.301. The predicted molar refractivity (Wildman–Crippen MR) is 190 cm³/mol. The SMILES string of the molecule is COC(=O)c1ccccc1/C=C/C(=O)NC(CCc1ccccc1C(C)(C)O)c1cccc(/C=C/c2ccc3ccc(Cl)cc3n2)c1. The number of hydrogen-bond acceptors (Lipinski definition) is 5. The molecule has 1 atom stereocenters. The van der Waals surface area contributed by atoms with Crippen LogP contribution in [0.4, 0.5) is 0 Å². The maximum atomic E-state index is 13.3. The molecule has 0 aliphatic carbocycles. The van der Waals surface area contributed by atoms with Crippen molar-refractivity contribution in [3.63, 3.8) is 0 Å². The quantitative estimate of drug-likeness (QED) is 0.111. The topological polar surface area (TPSA) is 88.5 Å². The Labute approximate surface area is 280 Å². The van der Waals surface area contributed by atoms with Gasteiger partial charge in [-0.15, -0.1) is 0 Å². The summed E-state index contributed by atoms with van der Waals surface area (Å²) in [7, 11) is 1.33. The lowest BCUT2D eigenvalue weighted by molar-refractivity contribution is -0.117. The number of nitrogens with zero attached hydrogens (tertiary/aromatic N) is 1. The highest BCUT2D eigenvalue weighted by molar-refractivity contribution is 6.31. The van der Waals surface area contributed by atoms with Crippen LogP contribution in [-0.2, 0) is 21.6 Å². The summed E-state index contributed by atoms with van der Waals surface area (Å²) in [5, 5.41) is 15.6. The number of aliphatic hydroxyl groups is 1. The Balaban J connectivity index is 1.41. The van der Waals surface area contributed by atoms with E-state index in [1.165, 1.54) is 13.2 Å². The first-order valence-electron chi connectivity index (χ1n) is 15.4. The van der Waals surface area contributed by atoms with Crippen LogP contribution < -0.4 is 5.32 Å². The van der Waals surface area contributed by atoms with Crippen LogP contribution in [0.3, 0.4) is 0 Å². The zero-order chi connectivity index (χ0) is 33.4. The normalized spacial score (nSPS) is 12.4. The van der Waals surface area contributed by atoms with Crippen molar-refractivity contribution in [2.24, 2.45) is 0 Å². The van der Waals surface area contributed by atoms with Crippen molar-refractivity contribution < 1.29 is 19.4 Å². The number of nitrogens with one attached hydrogen (secondary N) is 1. The number of aromatic nitrogens is 1. The van der Waals surface area contributed by atoms with Gasteiger partial charge in [-0.1, -0.05) is 90.5 Å². The molecular formula is C40H37ClN2O4. The summed E-state index contributed by atoms with van der Waals surface area (Å²) < 4.78 is 4.89. The van der Waals surface area contributed by atoms with E-state index in [1.54, 1.807) is 44.2 Å². The molecule has 7 heteroatoms. The second kappa shape index (κ2) is 15.0. The number of aryl methyl sites for hydroxylation is 1. The minimum Gasteiger partial charge on any atom is -0.465 e. The number of amides is 1. The molecule has 47 heavy (non-hydrogen) atoms. The number of methoxy groups -OCH3 is 1. The zero-order valence-corrected chi connectivity index (χ0v) is 27.4. The molecule has 0 aliphatic rings. The molecule has 5 rings (SSSR count). The first kappa shape index (κ1) is 33.3. The van der Waals surface area contributed by atoms with E-state index in [4.69, 9.17) is 21.3 Å². The Morgan fingerprint density at radius 3 is 2.49 bits per heavy atom. The number of pyridine rings is 1. The highest BCUT2D eigenvalue weighted by atomic mass is 35.5. The molecule has 0 radical (unpaired) electrons. The van der Waals surface area contributed by atoms with Crippen LogP contribution in [0.1, 0.15) is 70.2 Å². The number of benzene rings is 4. The lowest BCUT2D eigenvalue weighted by atomic mass is 9.89. The number of esters is 1. The Morgan fingerprint density at radius 1 is 0.915 bits per heavy atom. The fourth-order valence-corrected chi connectivity index (χ4v) is 5.71. The van der Waals surface area contributed by atoms with Crippen LogP contribution in [0.2, 0.25) is 5.02 Å². The monoisotopic (exact) mass is 644 g/mol. The maximum Gasteiger partial charge on any atom is 0.338 e. The van der Waals surface area contributed by atoms with Crippen LogP contribution in [-0.4, -0.2) is 29.1 Å². The standard InChI is InChI=1S/C40H37ClN2O4/c1-40(2,46)35-14-7-5-11-29(35)18-23-36(43-38(44)24-19-28-10-4-6-13-34(28)39(45)47-3)31-12-8-9-27(25-31)15-21-33-22-17-30-16-20-32(41)26-37(30)42-33/h4-17,19-22,24-26,36,46H,18,23H2,1-3H3,(H,43,44)/b21-15+,24-19+. The molecule has 0 saturated heterocycles. The highest BCUT2D eigenvalue weighted by Gasteiger charge is 2.21. The molecular weight excluding hydrogens is 608 g/mol. The van der Waals surface area contributed by atoms with Crippen LogP contribution in [0.25, 0.3) is 29.1 Å². The summed E-state index contributed by atoms with van der Waals surface area (Å²) in [6.45, 7) is 3.55. The van der Waals surface area contributed by atoms with Gasteiger partial charge in [-0.05, 0) is 97.0 Å². The van der Waals surface area contributed by atoms with E-state index in [9.17, 15) is 14.7 Å². The first-order valence-corrected chi connectivity index (χ1v) is 15.8. The average molecular weight is 645 g/mol. The van der Waals surface area contributed by atoms with Gasteiger partial charge in [0.2, 0.25) is 5.91 Å². The molecule has 0 aliphatic heterocycles. The fourth-order valence-electron chi connectivity index (χ4n) is 5.54. The summed E-state index contributed by atoms with van der Waals surface area (Å²) in [6, 6.07) is 32.1. The van der Waals surface area contributed by atoms with Gasteiger partial charge in [-0.3, -0.25) is 4.79 Å². The van der Waals surface area contributed by atoms with E-state index >= 15 is 0 Å². The number of carbonyl (C=O) groups is 2. The Kier molecular flexibility index (Phi) is 10.7. The molecule has 1 heterocycles. The van der Waals surface area contributed by atoms with Crippen molar-refractivity contribution in [3.05, 3.63) is 153 Å². The lowest BCUT2D eigenvalue weighted by Gasteiger charge is -2.24. The molecule has 4 aromatic carbocycles. The van der Waals surface area contributed by atoms with Crippen molar-refractivity contribution in [1.82, 2.24) is 10.3 Å². The second-order valence-electron chi connectivity index (χ2n) is 11.8. The predicted octanol–water partition coefficient (Wildman–Crippen LogP) is 8.58. The van der Waals surface area contributed by atoms with E-state index in [1.807, 2.05) is 84.9 Å². The van der Waals surface area contributed by atoms with Gasteiger partial charge in [-0.2, -0.15) is 0 Å². The van der Waals surface area contributed by atoms with E-state index in [-0.39, 0.29) is 11.9 Å². The molecule has 1 unspecified atom stereocenters.